The molecule has 19 heteroatoms. The zero-order chi connectivity index (χ0) is 35.2. The van der Waals surface area contributed by atoms with Crippen molar-refractivity contribution in [2.24, 2.45) is 11.8 Å². The first-order valence-corrected chi connectivity index (χ1v) is 15.3. The van der Waals surface area contributed by atoms with E-state index < -0.39 is 135 Å². The molecule has 3 saturated heterocycles. The van der Waals surface area contributed by atoms with Crippen LogP contribution in [0.2, 0.25) is 0 Å². The highest BCUT2D eigenvalue weighted by Gasteiger charge is 2.56. The number of aliphatic hydroxyl groups excluding tert-OH is 8. The van der Waals surface area contributed by atoms with Gasteiger partial charge in [-0.3, -0.25) is 14.4 Å². The zero-order valence-corrected chi connectivity index (χ0v) is 26.6. The van der Waals surface area contributed by atoms with Crippen LogP contribution in [-0.4, -0.2) is 184 Å². The second-order valence-electron chi connectivity index (χ2n) is 12.1. The third kappa shape index (κ3) is 9.12. The van der Waals surface area contributed by atoms with Crippen molar-refractivity contribution in [1.82, 2.24) is 16.0 Å². The summed E-state index contributed by atoms with van der Waals surface area (Å²) in [5.41, 5.74) is 0. The van der Waals surface area contributed by atoms with Crippen molar-refractivity contribution in [2.75, 3.05) is 40.1 Å². The number of methoxy groups -OCH3 is 1. The SMILES string of the molecule is COC(C1OC(CO)C(O)C(O)C1NC(C)=O)C1C(CO)OC(COCC2C(CO)OC(O)C(NC(C)=O)C2O)C(NC(C)=O)C1O. The van der Waals surface area contributed by atoms with Crippen LogP contribution < -0.4 is 16.0 Å². The van der Waals surface area contributed by atoms with E-state index in [1.165, 1.54) is 27.9 Å². The van der Waals surface area contributed by atoms with Gasteiger partial charge in [-0.25, -0.2) is 0 Å². The van der Waals surface area contributed by atoms with Crippen LogP contribution in [0.5, 0.6) is 0 Å². The first-order chi connectivity index (χ1) is 22.2. The van der Waals surface area contributed by atoms with Gasteiger partial charge in [0.15, 0.2) is 6.29 Å². The van der Waals surface area contributed by atoms with E-state index in [0.29, 0.717) is 0 Å². The quantitative estimate of drug-likeness (QED) is 0.0860. The average Bonchev–Trinajstić information content (AvgIpc) is 3.01. The minimum absolute atomic E-state index is 0.289. The topological polar surface area (TPSA) is 295 Å². The second kappa shape index (κ2) is 17.5. The monoisotopic (exact) mass is 683 g/mol. The summed E-state index contributed by atoms with van der Waals surface area (Å²) in [6.07, 6.45) is -15.0. The Morgan fingerprint density at radius 3 is 1.72 bits per heavy atom. The molecule has 3 aliphatic heterocycles. The minimum atomic E-state index is -1.62. The standard InChI is InChI=1S/C28H49N3O16/c1-10(35)29-19-17(9-44-8-13-14(5-32)47-28(42)21(22(13)38)31-12(3)37)45-15(6-33)18(24(19)40)26(43-4)27-20(30-11(2)36)25(41)23(39)16(7-34)46-27/h13-28,32-34,38-42H,5-9H2,1-4H3,(H,29,35)(H,30,36)(H,31,37). The highest BCUT2D eigenvalue weighted by Crippen LogP contribution is 2.36. The molecule has 47 heavy (non-hydrogen) atoms. The Morgan fingerprint density at radius 1 is 0.638 bits per heavy atom. The summed E-state index contributed by atoms with van der Waals surface area (Å²) >= 11 is 0. The Morgan fingerprint density at radius 2 is 1.19 bits per heavy atom. The van der Waals surface area contributed by atoms with Crippen molar-refractivity contribution in [2.45, 2.75) is 106 Å². The molecule has 16 atom stereocenters. The molecular weight excluding hydrogens is 634 g/mol. The summed E-state index contributed by atoms with van der Waals surface area (Å²) in [7, 11) is 1.24. The van der Waals surface area contributed by atoms with E-state index >= 15 is 0 Å². The number of ether oxygens (including phenoxy) is 5. The van der Waals surface area contributed by atoms with E-state index in [2.05, 4.69) is 16.0 Å². The number of hydrogen-bond donors (Lipinski definition) is 11. The number of nitrogens with one attached hydrogen (secondary N) is 3. The Bertz CT molecular complexity index is 1040. The predicted octanol–water partition coefficient (Wildman–Crippen LogP) is -6.56. The van der Waals surface area contributed by atoms with Crippen molar-refractivity contribution in [3.63, 3.8) is 0 Å². The van der Waals surface area contributed by atoms with Gasteiger partial charge in [0.25, 0.3) is 0 Å². The summed E-state index contributed by atoms with van der Waals surface area (Å²) in [5, 5.41) is 91.5. The molecule has 3 heterocycles. The van der Waals surface area contributed by atoms with Crippen LogP contribution >= 0.6 is 0 Å². The summed E-state index contributed by atoms with van der Waals surface area (Å²) in [5.74, 6) is -3.82. The van der Waals surface area contributed by atoms with Gasteiger partial charge in [-0.15, -0.1) is 0 Å². The van der Waals surface area contributed by atoms with E-state index in [1.807, 2.05) is 0 Å². The number of hydrogen-bond acceptors (Lipinski definition) is 16. The maximum atomic E-state index is 12.2. The summed E-state index contributed by atoms with van der Waals surface area (Å²) in [6.45, 7) is 0.948. The van der Waals surface area contributed by atoms with Crippen molar-refractivity contribution in [3.8, 4) is 0 Å². The number of amides is 3. The van der Waals surface area contributed by atoms with Gasteiger partial charge < -0.3 is 80.5 Å². The molecule has 0 aliphatic carbocycles. The number of rotatable bonds is 13. The Hall–Kier alpha value is -2.11. The Labute approximate surface area is 271 Å². The van der Waals surface area contributed by atoms with E-state index in [-0.39, 0.29) is 13.2 Å². The summed E-state index contributed by atoms with van der Waals surface area (Å²) < 4.78 is 28.8. The molecule has 0 aromatic carbocycles. The normalized spacial score (nSPS) is 41.5. The molecule has 0 aromatic heterocycles. The fraction of sp³-hybridized carbons (Fsp3) is 0.893. The molecule has 3 rings (SSSR count). The van der Waals surface area contributed by atoms with E-state index in [1.54, 1.807) is 0 Å². The third-order valence-corrected chi connectivity index (χ3v) is 8.85. The highest BCUT2D eigenvalue weighted by molar-refractivity contribution is 5.74. The lowest BCUT2D eigenvalue weighted by Gasteiger charge is -2.51. The molecule has 272 valence electrons. The summed E-state index contributed by atoms with van der Waals surface area (Å²) in [6, 6.07) is -3.70. The lowest BCUT2D eigenvalue weighted by atomic mass is 9.76. The van der Waals surface area contributed by atoms with Gasteiger partial charge >= 0.3 is 0 Å². The lowest BCUT2D eigenvalue weighted by Crippen LogP contribution is -2.71. The van der Waals surface area contributed by atoms with Gasteiger partial charge in [-0.05, 0) is 0 Å². The maximum Gasteiger partial charge on any atom is 0.217 e. The van der Waals surface area contributed by atoms with Crippen LogP contribution in [0.3, 0.4) is 0 Å². The number of aliphatic hydroxyl groups is 8. The molecule has 0 saturated carbocycles. The van der Waals surface area contributed by atoms with Crippen LogP contribution in [0.25, 0.3) is 0 Å². The second-order valence-corrected chi connectivity index (χ2v) is 12.1. The van der Waals surface area contributed by atoms with Crippen LogP contribution in [0.4, 0.5) is 0 Å². The van der Waals surface area contributed by atoms with Crippen LogP contribution in [-0.2, 0) is 38.1 Å². The molecule has 3 amide bonds. The van der Waals surface area contributed by atoms with Gasteiger partial charge in [-0.2, -0.15) is 0 Å². The van der Waals surface area contributed by atoms with Crippen molar-refractivity contribution < 1.29 is 78.9 Å². The molecular formula is C28H49N3O16. The Balaban J connectivity index is 1.85. The van der Waals surface area contributed by atoms with E-state index in [9.17, 15) is 55.2 Å². The summed E-state index contributed by atoms with van der Waals surface area (Å²) in [4.78, 5) is 35.8. The zero-order valence-electron chi connectivity index (χ0n) is 26.6. The first kappa shape index (κ1) is 39.3. The van der Waals surface area contributed by atoms with Crippen LogP contribution in [0, 0.1) is 11.8 Å². The fourth-order valence-electron chi connectivity index (χ4n) is 6.66. The largest absolute Gasteiger partial charge is 0.394 e. The van der Waals surface area contributed by atoms with Crippen molar-refractivity contribution >= 4 is 17.7 Å². The first-order valence-electron chi connectivity index (χ1n) is 15.3. The molecule has 11 N–H and O–H groups in total. The molecule has 0 bridgehead atoms. The van der Waals surface area contributed by atoms with Gasteiger partial charge in [0.05, 0.1) is 75.6 Å². The van der Waals surface area contributed by atoms with Gasteiger partial charge in [0.2, 0.25) is 17.7 Å². The maximum absolute atomic E-state index is 12.2. The van der Waals surface area contributed by atoms with Gasteiger partial charge in [0.1, 0.15) is 36.6 Å². The number of carbonyl (C=O) groups excluding carboxylic acids is 3. The molecule has 16 unspecified atom stereocenters. The lowest BCUT2D eigenvalue weighted by molar-refractivity contribution is -0.261. The van der Waals surface area contributed by atoms with E-state index in [4.69, 9.17) is 23.7 Å². The van der Waals surface area contributed by atoms with Gasteiger partial charge in [-0.1, -0.05) is 0 Å². The third-order valence-electron chi connectivity index (χ3n) is 8.85. The van der Waals surface area contributed by atoms with Crippen LogP contribution in [0.1, 0.15) is 20.8 Å². The fourth-order valence-corrected chi connectivity index (χ4v) is 6.66. The minimum Gasteiger partial charge on any atom is -0.394 e. The van der Waals surface area contributed by atoms with E-state index in [0.717, 1.165) is 0 Å². The van der Waals surface area contributed by atoms with Gasteiger partial charge in [0, 0.05) is 39.7 Å². The predicted molar refractivity (Wildman–Crippen MR) is 155 cm³/mol. The molecule has 0 spiro atoms. The Kier molecular flexibility index (Phi) is 14.7. The van der Waals surface area contributed by atoms with Crippen molar-refractivity contribution in [3.05, 3.63) is 0 Å². The average molecular weight is 684 g/mol. The smallest absolute Gasteiger partial charge is 0.217 e. The molecule has 0 aromatic rings. The molecule has 0 radical (unpaired) electrons. The molecule has 3 aliphatic rings. The van der Waals surface area contributed by atoms with Crippen molar-refractivity contribution in [1.29, 1.82) is 0 Å². The van der Waals surface area contributed by atoms with Crippen LogP contribution in [0.15, 0.2) is 0 Å². The highest BCUT2D eigenvalue weighted by atomic mass is 16.6. The molecule has 19 nitrogen and oxygen atoms in total. The molecule has 3 fully saturated rings. The number of carbonyl (C=O) groups is 3.